The smallest absolute Gasteiger partial charge is 0.416 e. The van der Waals surface area contributed by atoms with Crippen molar-refractivity contribution in [2.45, 2.75) is 51.4 Å². The fraction of sp³-hybridized carbons (Fsp3) is 0.462. The van der Waals surface area contributed by atoms with Crippen molar-refractivity contribution in [3.8, 4) is 11.5 Å². The first-order valence-electron chi connectivity index (χ1n) is 11.8. The van der Waals surface area contributed by atoms with Gasteiger partial charge in [0.05, 0.1) is 29.8 Å². The monoisotopic (exact) mass is 503 g/mol. The molecule has 10 heteroatoms. The van der Waals surface area contributed by atoms with Gasteiger partial charge in [0.15, 0.2) is 11.5 Å². The summed E-state index contributed by atoms with van der Waals surface area (Å²) in [6.45, 7) is 7.20. The number of nitrogens with two attached hydrogens (primary N) is 1. The van der Waals surface area contributed by atoms with Gasteiger partial charge in [-0.1, -0.05) is 0 Å². The van der Waals surface area contributed by atoms with Gasteiger partial charge in [-0.25, -0.2) is 9.97 Å². The molecule has 3 N–H and O–H groups in total. The standard InChI is InChI=1S/C26H32F3N5O2/c1-15(17-9-18(26(27,28)29)11-19(30)10-17)31-24-20-12-23(36-14-25(3)7-6-8-34(25)4)22(35-5)13-21(20)32-16(2)33-24/h9-13,15H,6-8,14,30H2,1-5H3,(H,31,32,33)/t15-,25+/m1/s1. The fourth-order valence-corrected chi connectivity index (χ4v) is 4.59. The minimum Gasteiger partial charge on any atom is -0.493 e. The second-order valence-electron chi connectivity index (χ2n) is 9.70. The molecule has 0 unspecified atom stereocenters. The van der Waals surface area contributed by atoms with E-state index in [1.807, 2.05) is 6.07 Å². The number of hydrogen-bond donors (Lipinski definition) is 2. The molecule has 2 aromatic carbocycles. The number of aromatic nitrogens is 2. The lowest BCUT2D eigenvalue weighted by atomic mass is 10.0. The predicted octanol–water partition coefficient (Wildman–Crippen LogP) is 5.58. The van der Waals surface area contributed by atoms with E-state index in [9.17, 15) is 13.2 Å². The molecule has 194 valence electrons. The van der Waals surface area contributed by atoms with Gasteiger partial charge in [-0.2, -0.15) is 13.2 Å². The summed E-state index contributed by atoms with van der Waals surface area (Å²) in [5.41, 5.74) is 5.98. The average molecular weight is 504 g/mol. The van der Waals surface area contributed by atoms with Crippen LogP contribution in [0.15, 0.2) is 30.3 Å². The number of alkyl halides is 3. The highest BCUT2D eigenvalue weighted by atomic mass is 19.4. The number of nitrogens with zero attached hydrogens (tertiary/aromatic N) is 3. The summed E-state index contributed by atoms with van der Waals surface area (Å²) in [5, 5.41) is 3.92. The number of anilines is 2. The van der Waals surface area contributed by atoms with Crippen molar-refractivity contribution in [1.82, 2.24) is 14.9 Å². The molecule has 4 rings (SSSR count). The van der Waals surface area contributed by atoms with E-state index in [0.29, 0.717) is 46.2 Å². The van der Waals surface area contributed by atoms with Gasteiger partial charge in [-0.3, -0.25) is 4.90 Å². The van der Waals surface area contributed by atoms with Crippen LogP contribution in [-0.4, -0.2) is 47.7 Å². The molecule has 0 amide bonds. The van der Waals surface area contributed by atoms with Gasteiger partial charge in [0.2, 0.25) is 0 Å². The highest BCUT2D eigenvalue weighted by molar-refractivity contribution is 5.92. The van der Waals surface area contributed by atoms with Crippen molar-refractivity contribution in [2.24, 2.45) is 0 Å². The van der Waals surface area contributed by atoms with E-state index in [1.54, 1.807) is 27.0 Å². The van der Waals surface area contributed by atoms with Crippen molar-refractivity contribution < 1.29 is 22.6 Å². The predicted molar refractivity (Wildman–Crippen MR) is 134 cm³/mol. The van der Waals surface area contributed by atoms with Crippen molar-refractivity contribution in [1.29, 1.82) is 0 Å². The molecular weight excluding hydrogens is 471 g/mol. The summed E-state index contributed by atoms with van der Waals surface area (Å²) in [7, 11) is 3.67. The molecular formula is C26H32F3N5O2. The summed E-state index contributed by atoms with van der Waals surface area (Å²) in [6, 6.07) is 6.66. The van der Waals surface area contributed by atoms with E-state index in [2.05, 4.69) is 34.2 Å². The van der Waals surface area contributed by atoms with E-state index >= 15 is 0 Å². The van der Waals surface area contributed by atoms with Crippen molar-refractivity contribution in [3.05, 3.63) is 47.3 Å². The Morgan fingerprint density at radius 3 is 2.56 bits per heavy atom. The maximum Gasteiger partial charge on any atom is 0.416 e. The molecule has 1 fully saturated rings. The Kier molecular flexibility index (Phi) is 6.92. The number of likely N-dealkylation sites (N-methyl/N-ethyl adjacent to an activating group) is 1. The maximum absolute atomic E-state index is 13.3. The zero-order valence-electron chi connectivity index (χ0n) is 21.2. The molecule has 0 aliphatic carbocycles. The Labute approximate surface area is 208 Å². The average Bonchev–Trinajstić information content (AvgIpc) is 3.14. The second-order valence-corrected chi connectivity index (χ2v) is 9.70. The number of methoxy groups -OCH3 is 1. The van der Waals surface area contributed by atoms with Crippen LogP contribution in [0.3, 0.4) is 0 Å². The van der Waals surface area contributed by atoms with Crippen LogP contribution in [0.4, 0.5) is 24.7 Å². The fourth-order valence-electron chi connectivity index (χ4n) is 4.59. The third-order valence-electron chi connectivity index (χ3n) is 6.92. The summed E-state index contributed by atoms with van der Waals surface area (Å²) < 4.78 is 51.8. The lowest BCUT2D eigenvalue weighted by Crippen LogP contribution is -2.43. The van der Waals surface area contributed by atoms with Crippen LogP contribution in [0.2, 0.25) is 0 Å². The van der Waals surface area contributed by atoms with Crippen LogP contribution in [0.5, 0.6) is 11.5 Å². The molecule has 36 heavy (non-hydrogen) atoms. The van der Waals surface area contributed by atoms with E-state index in [-0.39, 0.29) is 11.2 Å². The first-order chi connectivity index (χ1) is 16.9. The SMILES string of the molecule is COc1cc2nc(C)nc(N[C@H](C)c3cc(N)cc(C(F)(F)F)c3)c2cc1OC[C@]1(C)CCCN1C. The molecule has 1 aliphatic rings. The van der Waals surface area contributed by atoms with Gasteiger partial charge in [0.1, 0.15) is 18.2 Å². The minimum absolute atomic E-state index is 0.0444. The molecule has 2 heterocycles. The largest absolute Gasteiger partial charge is 0.493 e. The first-order valence-corrected chi connectivity index (χ1v) is 11.8. The molecule has 7 nitrogen and oxygen atoms in total. The van der Waals surface area contributed by atoms with E-state index in [0.717, 1.165) is 31.5 Å². The number of nitrogens with one attached hydrogen (secondary N) is 1. The van der Waals surface area contributed by atoms with Gasteiger partial charge in [0.25, 0.3) is 0 Å². The number of benzene rings is 2. The number of ether oxygens (including phenoxy) is 2. The van der Waals surface area contributed by atoms with Gasteiger partial charge in [-0.05, 0) is 77.0 Å². The number of likely N-dealkylation sites (tertiary alicyclic amines) is 1. The van der Waals surface area contributed by atoms with Crippen molar-refractivity contribution in [2.75, 3.05) is 38.4 Å². The lowest BCUT2D eigenvalue weighted by molar-refractivity contribution is -0.137. The van der Waals surface area contributed by atoms with Crippen molar-refractivity contribution >= 4 is 22.4 Å². The molecule has 0 radical (unpaired) electrons. The lowest BCUT2D eigenvalue weighted by Gasteiger charge is -2.32. The number of nitrogen functional groups attached to an aromatic ring is 1. The Morgan fingerprint density at radius 1 is 1.17 bits per heavy atom. The van der Waals surface area contributed by atoms with Crippen LogP contribution in [0.25, 0.3) is 10.9 Å². The molecule has 2 atom stereocenters. The summed E-state index contributed by atoms with van der Waals surface area (Å²) in [5.74, 6) is 2.10. The molecule has 3 aromatic rings. The van der Waals surface area contributed by atoms with Crippen LogP contribution < -0.4 is 20.5 Å². The summed E-state index contributed by atoms with van der Waals surface area (Å²) >= 11 is 0. The third-order valence-corrected chi connectivity index (χ3v) is 6.92. The number of hydrogen-bond acceptors (Lipinski definition) is 7. The zero-order valence-corrected chi connectivity index (χ0v) is 21.2. The minimum atomic E-state index is -4.49. The Balaban J connectivity index is 1.68. The van der Waals surface area contributed by atoms with Crippen LogP contribution in [0.1, 0.15) is 49.7 Å². The third kappa shape index (κ3) is 5.28. The Hall–Kier alpha value is -3.27. The number of fused-ring (bicyclic) bond motifs is 1. The van der Waals surface area contributed by atoms with Crippen molar-refractivity contribution in [3.63, 3.8) is 0 Å². The van der Waals surface area contributed by atoms with Crippen LogP contribution in [0, 0.1) is 6.92 Å². The molecule has 0 bridgehead atoms. The molecule has 1 aliphatic heterocycles. The zero-order chi connectivity index (χ0) is 26.3. The van der Waals surface area contributed by atoms with Gasteiger partial charge < -0.3 is 20.5 Å². The molecule has 1 saturated heterocycles. The quantitative estimate of drug-likeness (QED) is 0.407. The number of aryl methyl sites for hydroxylation is 1. The first kappa shape index (κ1) is 25.8. The van der Waals surface area contributed by atoms with E-state index in [4.69, 9.17) is 15.2 Å². The van der Waals surface area contributed by atoms with Gasteiger partial charge >= 0.3 is 6.18 Å². The molecule has 0 saturated carbocycles. The Bertz CT molecular complexity index is 1270. The topological polar surface area (TPSA) is 85.5 Å². The highest BCUT2D eigenvalue weighted by Crippen LogP contribution is 2.38. The van der Waals surface area contributed by atoms with Crippen LogP contribution in [-0.2, 0) is 6.18 Å². The number of halogens is 3. The normalized spacial score (nSPS) is 19.4. The van der Waals surface area contributed by atoms with Crippen LogP contribution >= 0.6 is 0 Å². The second kappa shape index (κ2) is 9.65. The maximum atomic E-state index is 13.3. The van der Waals surface area contributed by atoms with Gasteiger partial charge in [0, 0.05) is 17.1 Å². The number of rotatable bonds is 7. The highest BCUT2D eigenvalue weighted by Gasteiger charge is 2.35. The van der Waals surface area contributed by atoms with E-state index in [1.165, 1.54) is 6.07 Å². The summed E-state index contributed by atoms with van der Waals surface area (Å²) in [4.78, 5) is 11.4. The van der Waals surface area contributed by atoms with E-state index < -0.39 is 17.8 Å². The Morgan fingerprint density at radius 2 is 1.92 bits per heavy atom. The summed E-state index contributed by atoms with van der Waals surface area (Å²) in [6.07, 6.45) is -2.34. The molecule has 0 spiro atoms. The van der Waals surface area contributed by atoms with Gasteiger partial charge in [-0.15, -0.1) is 0 Å². The molecule has 1 aromatic heterocycles.